The lowest BCUT2D eigenvalue weighted by Gasteiger charge is -2.36. The summed E-state index contributed by atoms with van der Waals surface area (Å²) in [7, 11) is 2.21. The quantitative estimate of drug-likeness (QED) is 0.282. The number of hydrazone groups is 1. The van der Waals surface area contributed by atoms with Gasteiger partial charge in [0.15, 0.2) is 0 Å². The van der Waals surface area contributed by atoms with Gasteiger partial charge in [0.05, 0.1) is 0 Å². The van der Waals surface area contributed by atoms with Crippen molar-refractivity contribution in [2.75, 3.05) is 13.6 Å². The maximum absolute atomic E-state index is 12.1. The fraction of sp³-hybridized carbons (Fsp3) is 0.619. The summed E-state index contributed by atoms with van der Waals surface area (Å²) in [6.45, 7) is 6.03. The number of hydrogen-bond acceptors (Lipinski definition) is 4. The number of hydrogen-bond donors (Lipinski definition) is 3. The molecule has 1 aliphatic carbocycles. The van der Waals surface area contributed by atoms with Crippen molar-refractivity contribution < 1.29 is 4.79 Å². The van der Waals surface area contributed by atoms with Crippen molar-refractivity contribution >= 4 is 11.7 Å². The predicted octanol–water partition coefficient (Wildman–Crippen LogP) is 2.68. The largest absolute Gasteiger partial charge is 0.386 e. The van der Waals surface area contributed by atoms with Crippen molar-refractivity contribution in [3.63, 3.8) is 0 Å². The van der Waals surface area contributed by atoms with E-state index < -0.39 is 0 Å². The number of nitrogens with zero attached hydrogens (tertiary/aromatic N) is 2. The zero-order valence-corrected chi connectivity index (χ0v) is 16.9. The van der Waals surface area contributed by atoms with Crippen molar-refractivity contribution in [2.24, 2.45) is 28.5 Å². The first-order valence-corrected chi connectivity index (χ1v) is 10.00. The Morgan fingerprint density at radius 1 is 1.22 bits per heavy atom. The van der Waals surface area contributed by atoms with E-state index >= 15 is 0 Å². The Hall–Kier alpha value is -2.08. The zero-order chi connectivity index (χ0) is 19.8. The van der Waals surface area contributed by atoms with E-state index in [0.717, 1.165) is 18.4 Å². The molecule has 27 heavy (non-hydrogen) atoms. The molecular formula is C21H35N5O. The SMILES string of the molecule is CC(C)C1CCC(N(C)Cc2ccc(C(=O)NCC/C(N)=N/N)cc2)CC1. The van der Waals surface area contributed by atoms with Gasteiger partial charge in [-0.3, -0.25) is 9.69 Å². The molecule has 0 bridgehead atoms. The molecule has 0 saturated heterocycles. The molecule has 1 aliphatic rings. The fourth-order valence-electron chi connectivity index (χ4n) is 3.86. The molecule has 2 rings (SSSR count). The van der Waals surface area contributed by atoms with Crippen LogP contribution in [0.25, 0.3) is 0 Å². The van der Waals surface area contributed by atoms with Gasteiger partial charge in [0.2, 0.25) is 0 Å². The Labute approximate surface area is 163 Å². The van der Waals surface area contributed by atoms with E-state index in [4.69, 9.17) is 11.6 Å². The number of benzene rings is 1. The summed E-state index contributed by atoms with van der Waals surface area (Å²) in [4.78, 5) is 14.6. The van der Waals surface area contributed by atoms with Gasteiger partial charge in [0, 0.05) is 31.1 Å². The molecule has 0 heterocycles. The van der Waals surface area contributed by atoms with Crippen LogP contribution in [0.2, 0.25) is 0 Å². The third-order valence-electron chi connectivity index (χ3n) is 5.79. The summed E-state index contributed by atoms with van der Waals surface area (Å²) >= 11 is 0. The van der Waals surface area contributed by atoms with Gasteiger partial charge in [-0.2, -0.15) is 5.10 Å². The van der Waals surface area contributed by atoms with Crippen LogP contribution in [0.1, 0.15) is 61.9 Å². The number of carbonyl (C=O) groups excluding carboxylic acids is 1. The lowest BCUT2D eigenvalue weighted by molar-refractivity contribution is 0.0954. The smallest absolute Gasteiger partial charge is 0.251 e. The average molecular weight is 374 g/mol. The molecule has 0 aromatic heterocycles. The number of amidine groups is 1. The molecule has 1 saturated carbocycles. The van der Waals surface area contributed by atoms with Gasteiger partial charge in [-0.1, -0.05) is 26.0 Å². The van der Waals surface area contributed by atoms with Crippen LogP contribution < -0.4 is 16.9 Å². The van der Waals surface area contributed by atoms with Gasteiger partial charge < -0.3 is 16.9 Å². The van der Waals surface area contributed by atoms with Gasteiger partial charge in [-0.15, -0.1) is 0 Å². The van der Waals surface area contributed by atoms with E-state index in [-0.39, 0.29) is 5.91 Å². The van der Waals surface area contributed by atoms with E-state index in [0.29, 0.717) is 30.4 Å². The second-order valence-corrected chi connectivity index (χ2v) is 8.05. The highest BCUT2D eigenvalue weighted by molar-refractivity contribution is 5.94. The van der Waals surface area contributed by atoms with Crippen molar-refractivity contribution in [3.05, 3.63) is 35.4 Å². The van der Waals surface area contributed by atoms with Gasteiger partial charge in [-0.05, 0) is 62.3 Å². The second kappa shape index (κ2) is 10.3. The van der Waals surface area contributed by atoms with E-state index in [1.807, 2.05) is 24.3 Å². The third-order valence-corrected chi connectivity index (χ3v) is 5.79. The van der Waals surface area contributed by atoms with Crippen LogP contribution in [0.4, 0.5) is 0 Å². The molecule has 150 valence electrons. The van der Waals surface area contributed by atoms with Crippen LogP contribution in [0.3, 0.4) is 0 Å². The van der Waals surface area contributed by atoms with E-state index in [1.54, 1.807) is 0 Å². The van der Waals surface area contributed by atoms with Crippen molar-refractivity contribution in [1.29, 1.82) is 0 Å². The van der Waals surface area contributed by atoms with Crippen LogP contribution in [-0.4, -0.2) is 36.3 Å². The van der Waals surface area contributed by atoms with E-state index in [1.165, 1.54) is 31.2 Å². The first-order chi connectivity index (χ1) is 12.9. The Morgan fingerprint density at radius 2 is 1.85 bits per heavy atom. The summed E-state index contributed by atoms with van der Waals surface area (Å²) in [5.74, 6) is 6.99. The number of nitrogens with two attached hydrogens (primary N) is 2. The van der Waals surface area contributed by atoms with Crippen molar-refractivity contribution in [2.45, 2.75) is 58.5 Å². The van der Waals surface area contributed by atoms with Crippen LogP contribution in [0.15, 0.2) is 29.4 Å². The van der Waals surface area contributed by atoms with E-state index in [9.17, 15) is 4.79 Å². The maximum atomic E-state index is 12.1. The van der Waals surface area contributed by atoms with Gasteiger partial charge in [0.25, 0.3) is 5.91 Å². The molecule has 0 radical (unpaired) electrons. The monoisotopic (exact) mass is 373 g/mol. The first kappa shape index (κ1) is 21.2. The molecule has 1 aromatic rings. The first-order valence-electron chi connectivity index (χ1n) is 10.00. The highest BCUT2D eigenvalue weighted by atomic mass is 16.1. The Balaban J connectivity index is 1.80. The standard InChI is InChI=1S/C21H35N5O/c1-15(2)17-8-10-19(11-9-17)26(3)14-16-4-6-18(7-5-16)21(27)24-13-12-20(22)25-23/h4-7,15,17,19H,8-14,23H2,1-3H3,(H2,22,25)(H,24,27). The molecule has 5 N–H and O–H groups in total. The minimum atomic E-state index is -0.105. The fourth-order valence-corrected chi connectivity index (χ4v) is 3.86. The summed E-state index contributed by atoms with van der Waals surface area (Å²) in [5.41, 5.74) is 7.41. The highest BCUT2D eigenvalue weighted by Gasteiger charge is 2.25. The molecule has 6 heteroatoms. The summed E-state index contributed by atoms with van der Waals surface area (Å²) in [6, 6.07) is 8.52. The molecule has 0 atom stereocenters. The Bertz CT molecular complexity index is 618. The number of amides is 1. The minimum Gasteiger partial charge on any atom is -0.386 e. The topological polar surface area (TPSA) is 96.7 Å². The molecular weight excluding hydrogens is 338 g/mol. The molecule has 1 fully saturated rings. The molecule has 0 unspecified atom stereocenters. The molecule has 0 spiro atoms. The number of carbonyl (C=O) groups is 1. The van der Waals surface area contributed by atoms with Gasteiger partial charge in [-0.25, -0.2) is 0 Å². The van der Waals surface area contributed by atoms with Crippen molar-refractivity contribution in [3.8, 4) is 0 Å². The maximum Gasteiger partial charge on any atom is 0.251 e. The summed E-state index contributed by atoms with van der Waals surface area (Å²) in [5, 5.41) is 6.21. The van der Waals surface area contributed by atoms with Crippen LogP contribution in [-0.2, 0) is 6.54 Å². The number of nitrogens with one attached hydrogen (secondary N) is 1. The third kappa shape index (κ3) is 6.54. The molecule has 0 aliphatic heterocycles. The minimum absolute atomic E-state index is 0.105. The molecule has 1 amide bonds. The summed E-state index contributed by atoms with van der Waals surface area (Å²) < 4.78 is 0. The van der Waals surface area contributed by atoms with Gasteiger partial charge in [0.1, 0.15) is 5.84 Å². The lowest BCUT2D eigenvalue weighted by atomic mass is 9.79. The van der Waals surface area contributed by atoms with Crippen LogP contribution in [0, 0.1) is 11.8 Å². The zero-order valence-electron chi connectivity index (χ0n) is 16.9. The highest BCUT2D eigenvalue weighted by Crippen LogP contribution is 2.32. The Kier molecular flexibility index (Phi) is 8.10. The van der Waals surface area contributed by atoms with Crippen molar-refractivity contribution in [1.82, 2.24) is 10.2 Å². The second-order valence-electron chi connectivity index (χ2n) is 8.05. The molecule has 1 aromatic carbocycles. The van der Waals surface area contributed by atoms with Gasteiger partial charge >= 0.3 is 0 Å². The average Bonchev–Trinajstić information content (AvgIpc) is 2.68. The normalized spacial score (nSPS) is 20.9. The number of rotatable bonds is 8. The van der Waals surface area contributed by atoms with E-state index in [2.05, 4.69) is 36.2 Å². The van der Waals surface area contributed by atoms with Crippen LogP contribution in [0.5, 0.6) is 0 Å². The lowest BCUT2D eigenvalue weighted by Crippen LogP contribution is -2.35. The predicted molar refractivity (Wildman–Crippen MR) is 111 cm³/mol. The summed E-state index contributed by atoms with van der Waals surface area (Å²) in [6.07, 6.45) is 5.70. The Morgan fingerprint density at radius 3 is 2.41 bits per heavy atom. The van der Waals surface area contributed by atoms with Crippen LogP contribution >= 0.6 is 0 Å². The molecule has 6 nitrogen and oxygen atoms in total.